The summed E-state index contributed by atoms with van der Waals surface area (Å²) >= 11 is 0. The molecule has 4 nitrogen and oxygen atoms in total. The van der Waals surface area contributed by atoms with E-state index >= 15 is 0 Å². The summed E-state index contributed by atoms with van der Waals surface area (Å²) < 4.78 is 0. The Balaban J connectivity index is 0.000000112. The van der Waals surface area contributed by atoms with Crippen molar-refractivity contribution in [1.29, 1.82) is 0 Å². The number of hydrogen-bond donors (Lipinski definition) is 0. The van der Waals surface area contributed by atoms with Crippen molar-refractivity contribution >= 4 is 6.40 Å². The Morgan fingerprint density at radius 3 is 1.55 bits per heavy atom. The van der Waals surface area contributed by atoms with Crippen molar-refractivity contribution in [3.63, 3.8) is 0 Å². The second kappa shape index (κ2) is 5.25. The van der Waals surface area contributed by atoms with Crippen molar-refractivity contribution in [3.05, 3.63) is 36.4 Å². The van der Waals surface area contributed by atoms with Crippen LogP contribution in [0, 0.1) is 0 Å². The van der Waals surface area contributed by atoms with Gasteiger partial charge in [-0.25, -0.2) is 0 Å². The van der Waals surface area contributed by atoms with E-state index in [1.54, 1.807) is 0 Å². The molecule has 11 heavy (non-hydrogen) atoms. The van der Waals surface area contributed by atoms with Gasteiger partial charge in [-0.1, -0.05) is 36.4 Å². The van der Waals surface area contributed by atoms with Gasteiger partial charge in [-0.15, -0.1) is 0 Å². The number of nitrogens with zero attached hydrogens (tertiary/aromatic N) is 1. The SMILES string of the molecule is C1=NOOO1.c1ccccc1. The maximum absolute atomic E-state index is 3.93. The summed E-state index contributed by atoms with van der Waals surface area (Å²) in [6.45, 7) is 0. The van der Waals surface area contributed by atoms with Gasteiger partial charge in [0.15, 0.2) is 0 Å². The van der Waals surface area contributed by atoms with Crippen LogP contribution in [0.25, 0.3) is 0 Å². The monoisotopic (exact) mass is 153 g/mol. The largest absolute Gasteiger partial charge is 0.282 e. The maximum atomic E-state index is 3.93. The third-order valence-electron chi connectivity index (χ3n) is 0.865. The molecule has 0 aromatic heterocycles. The molecule has 0 atom stereocenters. The third kappa shape index (κ3) is 3.94. The molecule has 1 heterocycles. The quantitative estimate of drug-likeness (QED) is 0.530. The van der Waals surface area contributed by atoms with Gasteiger partial charge in [-0.2, -0.15) is 4.99 Å². The van der Waals surface area contributed by atoms with Gasteiger partial charge in [0.1, 0.15) is 0 Å². The van der Waals surface area contributed by atoms with Gasteiger partial charge in [0.2, 0.25) is 0 Å². The van der Waals surface area contributed by atoms with Gasteiger partial charge < -0.3 is 0 Å². The Kier molecular flexibility index (Phi) is 3.61. The standard InChI is InChI=1S/C6H6.CHNO3/c1-2-4-6-5-3-1;1-2-4-5-3-1/h1-6H;1H. The van der Waals surface area contributed by atoms with Crippen LogP contribution in [-0.4, -0.2) is 6.40 Å². The zero-order valence-corrected chi connectivity index (χ0v) is 5.71. The Bertz CT molecular complexity index is 167. The molecular formula is C7H7NO3. The summed E-state index contributed by atoms with van der Waals surface area (Å²) in [6.07, 6.45) is 1.04. The van der Waals surface area contributed by atoms with Crippen molar-refractivity contribution in [1.82, 2.24) is 0 Å². The van der Waals surface area contributed by atoms with E-state index in [0.29, 0.717) is 0 Å². The summed E-state index contributed by atoms with van der Waals surface area (Å²) in [6, 6.07) is 12.0. The van der Waals surface area contributed by atoms with Crippen LogP contribution in [0.1, 0.15) is 0 Å². The fourth-order valence-electron chi connectivity index (χ4n) is 0.473. The summed E-state index contributed by atoms with van der Waals surface area (Å²) in [5.74, 6) is 0. The lowest BCUT2D eigenvalue weighted by atomic mass is 10.4. The molecule has 0 radical (unpaired) electrons. The highest BCUT2D eigenvalue weighted by Gasteiger charge is 1.87. The molecule has 58 valence electrons. The highest BCUT2D eigenvalue weighted by Crippen LogP contribution is 1.85. The lowest BCUT2D eigenvalue weighted by molar-refractivity contribution is -0.450. The predicted molar refractivity (Wildman–Crippen MR) is 38.2 cm³/mol. The first-order chi connectivity index (χ1) is 5.50. The molecule has 1 aliphatic heterocycles. The van der Waals surface area contributed by atoms with E-state index in [9.17, 15) is 0 Å². The van der Waals surface area contributed by atoms with E-state index < -0.39 is 0 Å². The highest BCUT2D eigenvalue weighted by molar-refractivity contribution is 5.44. The van der Waals surface area contributed by atoms with Crippen LogP contribution < -0.4 is 0 Å². The molecule has 4 heteroatoms. The van der Waals surface area contributed by atoms with E-state index in [2.05, 4.69) is 20.1 Å². The Hall–Kier alpha value is -1.55. The lowest BCUT2D eigenvalue weighted by Crippen LogP contribution is -1.72. The van der Waals surface area contributed by atoms with E-state index in [4.69, 9.17) is 0 Å². The molecule has 0 aliphatic carbocycles. The zero-order chi connectivity index (χ0) is 7.78. The van der Waals surface area contributed by atoms with Crippen molar-refractivity contribution in [3.8, 4) is 0 Å². The summed E-state index contributed by atoms with van der Waals surface area (Å²) in [5.41, 5.74) is 0. The minimum Gasteiger partial charge on any atom is -0.282 e. The van der Waals surface area contributed by atoms with E-state index in [0.717, 1.165) is 6.40 Å². The Morgan fingerprint density at radius 1 is 0.818 bits per heavy atom. The number of hydrogen-bond acceptors (Lipinski definition) is 4. The van der Waals surface area contributed by atoms with Gasteiger partial charge in [-0.3, -0.25) is 4.89 Å². The molecule has 0 saturated carbocycles. The van der Waals surface area contributed by atoms with Gasteiger partial charge >= 0.3 is 0 Å². The van der Waals surface area contributed by atoms with Crippen LogP contribution in [-0.2, 0) is 14.9 Å². The van der Waals surface area contributed by atoms with E-state index in [-0.39, 0.29) is 0 Å². The average molecular weight is 153 g/mol. The van der Waals surface area contributed by atoms with Crippen molar-refractivity contribution in [2.75, 3.05) is 0 Å². The topological polar surface area (TPSA) is 40.0 Å². The molecule has 0 unspecified atom stereocenters. The highest BCUT2D eigenvalue weighted by atomic mass is 17.6. The van der Waals surface area contributed by atoms with Crippen LogP contribution in [0.2, 0.25) is 0 Å². The minimum atomic E-state index is 1.04. The molecule has 0 fully saturated rings. The van der Waals surface area contributed by atoms with Crippen LogP contribution in [0.15, 0.2) is 41.6 Å². The first-order valence-electron chi connectivity index (χ1n) is 3.01. The number of rotatable bonds is 0. The number of benzene rings is 1. The molecule has 0 N–H and O–H groups in total. The van der Waals surface area contributed by atoms with Gasteiger partial charge in [0, 0.05) is 0 Å². The predicted octanol–water partition coefficient (Wildman–Crippen LogP) is 1.51. The molecule has 0 bridgehead atoms. The molecule has 0 spiro atoms. The van der Waals surface area contributed by atoms with Gasteiger partial charge in [0.05, 0.1) is 5.04 Å². The van der Waals surface area contributed by atoms with Crippen molar-refractivity contribution in [2.45, 2.75) is 0 Å². The molecule has 1 aliphatic rings. The Morgan fingerprint density at radius 2 is 1.36 bits per heavy atom. The third-order valence-corrected chi connectivity index (χ3v) is 0.865. The summed E-state index contributed by atoms with van der Waals surface area (Å²) in [7, 11) is 0. The molecule has 0 amide bonds. The second-order valence-electron chi connectivity index (χ2n) is 1.60. The molecule has 2 rings (SSSR count). The lowest BCUT2D eigenvalue weighted by Gasteiger charge is -1.73. The van der Waals surface area contributed by atoms with Crippen LogP contribution in [0.5, 0.6) is 0 Å². The van der Waals surface area contributed by atoms with Crippen LogP contribution in [0.3, 0.4) is 0 Å². The van der Waals surface area contributed by atoms with Crippen molar-refractivity contribution in [2.24, 2.45) is 5.16 Å². The second-order valence-corrected chi connectivity index (χ2v) is 1.60. The molecule has 1 aromatic rings. The normalized spacial score (nSPS) is 12.4. The minimum absolute atomic E-state index is 1.04. The van der Waals surface area contributed by atoms with Crippen LogP contribution >= 0.6 is 0 Å². The van der Waals surface area contributed by atoms with Gasteiger partial charge in [0.25, 0.3) is 6.40 Å². The van der Waals surface area contributed by atoms with Crippen LogP contribution in [0.4, 0.5) is 0 Å². The van der Waals surface area contributed by atoms with Gasteiger partial charge in [-0.05, 0) is 5.16 Å². The fourth-order valence-corrected chi connectivity index (χ4v) is 0.473. The smallest absolute Gasteiger partial charge is 0.264 e. The van der Waals surface area contributed by atoms with E-state index in [1.165, 1.54) is 0 Å². The first kappa shape index (κ1) is 7.56. The van der Waals surface area contributed by atoms with Crippen molar-refractivity contribution < 1.29 is 14.9 Å². The average Bonchev–Trinajstić information content (AvgIpc) is 2.64. The number of oxime groups is 1. The van der Waals surface area contributed by atoms with E-state index in [1.807, 2.05) is 36.4 Å². The maximum Gasteiger partial charge on any atom is 0.264 e. The first-order valence-corrected chi connectivity index (χ1v) is 3.01. The molecular weight excluding hydrogens is 146 g/mol. The molecule has 0 saturated heterocycles. The summed E-state index contributed by atoms with van der Waals surface area (Å²) in [5, 5.41) is 6.74. The fraction of sp³-hybridized carbons (Fsp3) is 0. The summed E-state index contributed by atoms with van der Waals surface area (Å²) in [4.78, 5) is 7.72. The zero-order valence-electron chi connectivity index (χ0n) is 5.71. The molecule has 1 aromatic carbocycles. The Labute approximate surface area is 63.8 Å².